The molecular formula is C18H33N3. The number of hydrogen-bond acceptors (Lipinski definition) is 3. The van der Waals surface area contributed by atoms with E-state index in [4.69, 9.17) is 0 Å². The average molecular weight is 291 g/mol. The van der Waals surface area contributed by atoms with Gasteiger partial charge in [0.15, 0.2) is 0 Å². The summed E-state index contributed by atoms with van der Waals surface area (Å²) in [5.74, 6) is 0. The van der Waals surface area contributed by atoms with E-state index >= 15 is 0 Å². The van der Waals surface area contributed by atoms with E-state index in [1.807, 2.05) is 12.4 Å². The van der Waals surface area contributed by atoms with Crippen LogP contribution in [0.2, 0.25) is 0 Å². The first-order valence-corrected chi connectivity index (χ1v) is 8.30. The molecule has 1 aromatic rings. The normalized spacial score (nSPS) is 12.0. The summed E-state index contributed by atoms with van der Waals surface area (Å²) in [4.78, 5) is 6.49. The Bertz CT molecular complexity index is 356. The van der Waals surface area contributed by atoms with E-state index in [1.54, 1.807) is 0 Å². The van der Waals surface area contributed by atoms with Crippen molar-refractivity contribution in [2.24, 2.45) is 0 Å². The smallest absolute Gasteiger partial charge is 0.0270 e. The first-order valence-electron chi connectivity index (χ1n) is 8.30. The van der Waals surface area contributed by atoms with Crippen LogP contribution in [-0.2, 0) is 6.42 Å². The van der Waals surface area contributed by atoms with E-state index in [0.29, 0.717) is 0 Å². The highest BCUT2D eigenvalue weighted by Crippen LogP contribution is 2.04. The average Bonchev–Trinajstić information content (AvgIpc) is 2.44. The maximum absolute atomic E-state index is 4.05. The number of rotatable bonds is 10. The number of pyridine rings is 1. The van der Waals surface area contributed by atoms with Crippen molar-refractivity contribution in [2.45, 2.75) is 58.4 Å². The molecule has 0 unspecified atom stereocenters. The van der Waals surface area contributed by atoms with Gasteiger partial charge in [-0.15, -0.1) is 0 Å². The largest absolute Gasteiger partial charge is 0.312 e. The van der Waals surface area contributed by atoms with Crippen molar-refractivity contribution in [1.29, 1.82) is 0 Å². The maximum atomic E-state index is 4.05. The molecule has 1 rings (SSSR count). The zero-order valence-corrected chi connectivity index (χ0v) is 14.4. The lowest BCUT2D eigenvalue weighted by molar-refractivity contribution is 0.326. The summed E-state index contributed by atoms with van der Waals surface area (Å²) in [6.45, 7) is 10.2. The number of nitrogens with zero attached hydrogens (tertiary/aromatic N) is 2. The van der Waals surface area contributed by atoms with Crippen LogP contribution in [0, 0.1) is 0 Å². The molecule has 0 aromatic carbocycles. The molecule has 1 N–H and O–H groups in total. The van der Waals surface area contributed by atoms with Crippen LogP contribution in [0.1, 0.15) is 52.0 Å². The minimum absolute atomic E-state index is 0.257. The zero-order chi connectivity index (χ0) is 15.6. The summed E-state index contributed by atoms with van der Waals surface area (Å²) in [6, 6.07) is 4.21. The van der Waals surface area contributed by atoms with E-state index in [1.165, 1.54) is 37.8 Å². The molecule has 0 aliphatic carbocycles. The first kappa shape index (κ1) is 18.1. The Labute approximate surface area is 131 Å². The fourth-order valence-electron chi connectivity index (χ4n) is 2.30. The number of likely N-dealkylation sites (N-methyl/N-ethyl adjacent to an activating group) is 1. The molecule has 21 heavy (non-hydrogen) atoms. The molecule has 0 spiro atoms. The highest BCUT2D eigenvalue weighted by Gasteiger charge is 2.06. The van der Waals surface area contributed by atoms with Gasteiger partial charge < -0.3 is 10.2 Å². The Hall–Kier alpha value is -0.930. The number of aromatic nitrogens is 1. The summed E-state index contributed by atoms with van der Waals surface area (Å²) in [5, 5.41) is 3.54. The van der Waals surface area contributed by atoms with Crippen LogP contribution < -0.4 is 5.32 Å². The highest BCUT2D eigenvalue weighted by molar-refractivity contribution is 5.09. The highest BCUT2D eigenvalue weighted by atomic mass is 15.1. The molecular weight excluding hydrogens is 258 g/mol. The third-order valence-corrected chi connectivity index (χ3v) is 3.65. The molecule has 0 aliphatic heterocycles. The minimum Gasteiger partial charge on any atom is -0.312 e. The molecule has 0 bridgehead atoms. The van der Waals surface area contributed by atoms with Crippen LogP contribution in [0.3, 0.4) is 0 Å². The second-order valence-corrected chi connectivity index (χ2v) is 7.00. The Morgan fingerprint density at radius 3 is 2.33 bits per heavy atom. The van der Waals surface area contributed by atoms with Gasteiger partial charge in [-0.25, -0.2) is 0 Å². The van der Waals surface area contributed by atoms with Crippen molar-refractivity contribution in [3.8, 4) is 0 Å². The van der Waals surface area contributed by atoms with Crippen molar-refractivity contribution in [3.05, 3.63) is 30.1 Å². The predicted octanol–water partition coefficient (Wildman–Crippen LogP) is 3.50. The molecule has 0 radical (unpaired) electrons. The molecule has 1 aromatic heterocycles. The van der Waals surface area contributed by atoms with Gasteiger partial charge in [-0.1, -0.05) is 12.8 Å². The number of nitrogens with one attached hydrogen (secondary N) is 1. The number of unbranched alkanes of at least 4 members (excludes halogenated alkanes) is 3. The summed E-state index contributed by atoms with van der Waals surface area (Å²) in [5.41, 5.74) is 1.64. The topological polar surface area (TPSA) is 28.2 Å². The predicted molar refractivity (Wildman–Crippen MR) is 91.7 cm³/mol. The monoisotopic (exact) mass is 291 g/mol. The van der Waals surface area contributed by atoms with Crippen LogP contribution in [0.25, 0.3) is 0 Å². The van der Waals surface area contributed by atoms with Crippen LogP contribution in [0.15, 0.2) is 24.5 Å². The third kappa shape index (κ3) is 10.4. The Morgan fingerprint density at radius 2 is 1.67 bits per heavy atom. The lowest BCUT2D eigenvalue weighted by Crippen LogP contribution is -2.36. The summed E-state index contributed by atoms with van der Waals surface area (Å²) in [6.07, 6.45) is 10.1. The van der Waals surface area contributed by atoms with E-state index in [9.17, 15) is 0 Å². The van der Waals surface area contributed by atoms with E-state index in [-0.39, 0.29) is 5.54 Å². The van der Waals surface area contributed by atoms with Crippen LogP contribution in [-0.4, -0.2) is 42.1 Å². The van der Waals surface area contributed by atoms with Gasteiger partial charge in [-0.3, -0.25) is 4.98 Å². The molecule has 3 nitrogen and oxygen atoms in total. The lowest BCUT2D eigenvalue weighted by Gasteiger charge is -2.20. The standard InChI is InChI=1S/C18H33N3/c1-18(2,3)20-12-7-5-6-8-15-21(4)16-11-17-9-13-19-14-10-17/h9-10,13-14,20H,5-8,11-12,15-16H2,1-4H3. The first-order chi connectivity index (χ1) is 9.97. The molecule has 0 amide bonds. The fraction of sp³-hybridized carbons (Fsp3) is 0.722. The quantitative estimate of drug-likeness (QED) is 0.669. The zero-order valence-electron chi connectivity index (χ0n) is 14.4. The van der Waals surface area contributed by atoms with Crippen molar-refractivity contribution < 1.29 is 0 Å². The van der Waals surface area contributed by atoms with Gasteiger partial charge in [0.05, 0.1) is 0 Å². The van der Waals surface area contributed by atoms with Crippen LogP contribution in [0.5, 0.6) is 0 Å². The third-order valence-electron chi connectivity index (χ3n) is 3.65. The summed E-state index contributed by atoms with van der Waals surface area (Å²) in [7, 11) is 2.22. The summed E-state index contributed by atoms with van der Waals surface area (Å²) < 4.78 is 0. The second-order valence-electron chi connectivity index (χ2n) is 7.00. The number of hydrogen-bond donors (Lipinski definition) is 1. The van der Waals surface area contributed by atoms with Gasteiger partial charge in [0, 0.05) is 24.5 Å². The molecule has 1 heterocycles. The molecule has 0 fully saturated rings. The van der Waals surface area contributed by atoms with Gasteiger partial charge in [-0.2, -0.15) is 0 Å². The van der Waals surface area contributed by atoms with Crippen LogP contribution in [0.4, 0.5) is 0 Å². The van der Waals surface area contributed by atoms with Crippen molar-refractivity contribution >= 4 is 0 Å². The van der Waals surface area contributed by atoms with Gasteiger partial charge in [-0.05, 0) is 77.9 Å². The SMILES string of the molecule is CN(CCCCCCNC(C)(C)C)CCc1ccncc1. The van der Waals surface area contributed by atoms with Crippen molar-refractivity contribution in [3.63, 3.8) is 0 Å². The Kier molecular flexibility index (Phi) is 8.55. The van der Waals surface area contributed by atoms with E-state index < -0.39 is 0 Å². The lowest BCUT2D eigenvalue weighted by atomic mass is 10.1. The van der Waals surface area contributed by atoms with Gasteiger partial charge in [0.25, 0.3) is 0 Å². The van der Waals surface area contributed by atoms with Crippen molar-refractivity contribution in [1.82, 2.24) is 15.2 Å². The van der Waals surface area contributed by atoms with Crippen molar-refractivity contribution in [2.75, 3.05) is 26.7 Å². The van der Waals surface area contributed by atoms with Gasteiger partial charge in [0.1, 0.15) is 0 Å². The molecule has 0 aliphatic rings. The van der Waals surface area contributed by atoms with E-state index in [0.717, 1.165) is 19.5 Å². The molecule has 0 saturated carbocycles. The second kappa shape index (κ2) is 9.91. The Morgan fingerprint density at radius 1 is 1.00 bits per heavy atom. The summed E-state index contributed by atoms with van der Waals surface area (Å²) >= 11 is 0. The fourth-order valence-corrected chi connectivity index (χ4v) is 2.30. The van der Waals surface area contributed by atoms with Gasteiger partial charge >= 0.3 is 0 Å². The van der Waals surface area contributed by atoms with E-state index in [2.05, 4.69) is 55.2 Å². The van der Waals surface area contributed by atoms with Gasteiger partial charge in [0.2, 0.25) is 0 Å². The minimum atomic E-state index is 0.257. The molecule has 120 valence electrons. The Balaban J connectivity index is 1.95. The maximum Gasteiger partial charge on any atom is 0.0270 e. The molecule has 0 saturated heterocycles. The van der Waals surface area contributed by atoms with Crippen LogP contribution >= 0.6 is 0 Å². The molecule has 3 heteroatoms. The molecule has 0 atom stereocenters.